The molecule has 2 aromatic rings. The van der Waals surface area contributed by atoms with Gasteiger partial charge in [-0.2, -0.15) is 0 Å². The van der Waals surface area contributed by atoms with Crippen LogP contribution in [-0.4, -0.2) is 56.0 Å². The molecule has 0 bridgehead atoms. The molecule has 2 aromatic carbocycles. The molecule has 158 valence electrons. The van der Waals surface area contributed by atoms with E-state index in [0.29, 0.717) is 17.7 Å². The summed E-state index contributed by atoms with van der Waals surface area (Å²) in [5.41, 5.74) is 2.06. The number of anilines is 1. The molecule has 8 heteroatoms. The Morgan fingerprint density at radius 3 is 2.43 bits per heavy atom. The number of nitrogens with zero attached hydrogens (tertiary/aromatic N) is 2. The van der Waals surface area contributed by atoms with E-state index in [1.54, 1.807) is 31.4 Å². The van der Waals surface area contributed by atoms with Gasteiger partial charge in [-0.25, -0.2) is 0 Å². The summed E-state index contributed by atoms with van der Waals surface area (Å²) in [5.74, 6) is 0.442. The van der Waals surface area contributed by atoms with Gasteiger partial charge in [0.15, 0.2) is 0 Å². The van der Waals surface area contributed by atoms with E-state index in [9.17, 15) is 9.59 Å². The van der Waals surface area contributed by atoms with Crippen molar-refractivity contribution in [2.24, 2.45) is 0 Å². The average molecular weight is 537 g/mol. The van der Waals surface area contributed by atoms with Crippen LogP contribution in [0.3, 0.4) is 0 Å². The molecule has 0 aliphatic carbocycles. The van der Waals surface area contributed by atoms with Crippen molar-refractivity contribution in [2.45, 2.75) is 18.9 Å². The molecule has 4 rings (SSSR count). The molecule has 1 fully saturated rings. The van der Waals surface area contributed by atoms with Gasteiger partial charge in [0.05, 0.1) is 23.9 Å². The van der Waals surface area contributed by atoms with E-state index in [0.717, 1.165) is 52.9 Å². The van der Waals surface area contributed by atoms with Crippen LogP contribution in [0.5, 0.6) is 5.75 Å². The van der Waals surface area contributed by atoms with Crippen molar-refractivity contribution in [2.75, 3.05) is 38.2 Å². The van der Waals surface area contributed by atoms with Crippen LogP contribution in [0.25, 0.3) is 0 Å². The number of ether oxygens (including phenoxy) is 1. The van der Waals surface area contributed by atoms with E-state index in [-0.39, 0.29) is 17.9 Å². The van der Waals surface area contributed by atoms with E-state index in [1.807, 2.05) is 6.07 Å². The number of fused-ring (bicyclic) bond motifs is 1. The highest BCUT2D eigenvalue weighted by molar-refractivity contribution is 9.13. The Morgan fingerprint density at radius 1 is 1.10 bits per heavy atom. The zero-order chi connectivity index (χ0) is 21.3. The van der Waals surface area contributed by atoms with Gasteiger partial charge in [0.1, 0.15) is 5.75 Å². The van der Waals surface area contributed by atoms with Crippen molar-refractivity contribution in [3.8, 4) is 5.75 Å². The molecule has 2 aliphatic heterocycles. The molecular formula is C22H23Br2N3O3. The minimum atomic E-state index is -0.187. The average Bonchev–Trinajstić information content (AvgIpc) is 3.01. The van der Waals surface area contributed by atoms with Crippen LogP contribution in [0.2, 0.25) is 0 Å². The highest BCUT2D eigenvalue weighted by Gasteiger charge is 2.35. The second kappa shape index (κ2) is 9.08. The number of amides is 2. The SMILES string of the molecule is COc1cc(Br)c(Br)cc1N1CCNCC1CCCN1C(=O)c2ccccc2C1=O. The number of hydrogen-bond donors (Lipinski definition) is 1. The highest BCUT2D eigenvalue weighted by Crippen LogP contribution is 2.38. The molecule has 1 atom stereocenters. The number of methoxy groups -OCH3 is 1. The summed E-state index contributed by atoms with van der Waals surface area (Å²) >= 11 is 7.13. The molecule has 0 saturated carbocycles. The molecule has 30 heavy (non-hydrogen) atoms. The molecular weight excluding hydrogens is 514 g/mol. The van der Waals surface area contributed by atoms with Crippen LogP contribution >= 0.6 is 31.9 Å². The summed E-state index contributed by atoms with van der Waals surface area (Å²) in [6.07, 6.45) is 1.60. The van der Waals surface area contributed by atoms with Crippen LogP contribution in [0, 0.1) is 0 Å². The predicted octanol–water partition coefficient (Wildman–Crippen LogP) is 4.07. The lowest BCUT2D eigenvalue weighted by atomic mass is 10.1. The van der Waals surface area contributed by atoms with E-state index < -0.39 is 0 Å². The van der Waals surface area contributed by atoms with E-state index >= 15 is 0 Å². The van der Waals surface area contributed by atoms with Crippen molar-refractivity contribution in [3.05, 3.63) is 56.5 Å². The smallest absolute Gasteiger partial charge is 0.261 e. The molecule has 1 N–H and O–H groups in total. The van der Waals surface area contributed by atoms with Crippen molar-refractivity contribution in [1.29, 1.82) is 0 Å². The number of hydrogen-bond acceptors (Lipinski definition) is 5. The third kappa shape index (κ3) is 4.00. The number of imide groups is 1. The van der Waals surface area contributed by atoms with Crippen LogP contribution in [0.15, 0.2) is 45.3 Å². The first-order valence-electron chi connectivity index (χ1n) is 9.97. The Hall–Kier alpha value is -1.90. The predicted molar refractivity (Wildman–Crippen MR) is 123 cm³/mol. The van der Waals surface area contributed by atoms with Crippen LogP contribution in [0.1, 0.15) is 33.6 Å². The quantitative estimate of drug-likeness (QED) is 0.564. The van der Waals surface area contributed by atoms with E-state index in [2.05, 4.69) is 48.1 Å². The minimum absolute atomic E-state index is 0.187. The summed E-state index contributed by atoms with van der Waals surface area (Å²) in [5, 5.41) is 3.46. The first-order chi connectivity index (χ1) is 14.5. The van der Waals surface area contributed by atoms with Gasteiger partial charge < -0.3 is 15.0 Å². The van der Waals surface area contributed by atoms with Crippen molar-refractivity contribution < 1.29 is 14.3 Å². The second-order valence-electron chi connectivity index (χ2n) is 7.44. The fourth-order valence-electron chi connectivity index (χ4n) is 4.17. The van der Waals surface area contributed by atoms with Crippen molar-refractivity contribution >= 4 is 49.4 Å². The lowest BCUT2D eigenvalue weighted by molar-refractivity contribution is 0.0650. The normalized spacial score (nSPS) is 18.7. The van der Waals surface area contributed by atoms with Crippen molar-refractivity contribution in [1.82, 2.24) is 10.2 Å². The number of benzene rings is 2. The van der Waals surface area contributed by atoms with Gasteiger partial charge in [-0.3, -0.25) is 14.5 Å². The fraction of sp³-hybridized carbons (Fsp3) is 0.364. The summed E-state index contributed by atoms with van der Waals surface area (Å²) in [6, 6.07) is 11.3. The molecule has 6 nitrogen and oxygen atoms in total. The Kier molecular flexibility index (Phi) is 6.46. The maximum Gasteiger partial charge on any atom is 0.261 e. The van der Waals surface area contributed by atoms with Crippen LogP contribution in [-0.2, 0) is 0 Å². The Balaban J connectivity index is 1.45. The van der Waals surface area contributed by atoms with Gasteiger partial charge in [-0.15, -0.1) is 0 Å². The van der Waals surface area contributed by atoms with E-state index in [4.69, 9.17) is 4.74 Å². The molecule has 1 unspecified atom stereocenters. The summed E-state index contributed by atoms with van der Waals surface area (Å²) in [4.78, 5) is 28.9. The van der Waals surface area contributed by atoms with Crippen LogP contribution in [0.4, 0.5) is 5.69 Å². The molecule has 2 aliphatic rings. The second-order valence-corrected chi connectivity index (χ2v) is 9.15. The molecule has 1 saturated heterocycles. The third-order valence-electron chi connectivity index (χ3n) is 5.68. The summed E-state index contributed by atoms with van der Waals surface area (Å²) in [6.45, 7) is 3.03. The first-order valence-corrected chi connectivity index (χ1v) is 11.6. The number of carbonyl (C=O) groups is 2. The van der Waals surface area contributed by atoms with Gasteiger partial charge in [0.2, 0.25) is 0 Å². The summed E-state index contributed by atoms with van der Waals surface area (Å²) < 4.78 is 7.54. The zero-order valence-electron chi connectivity index (χ0n) is 16.7. The Labute approximate surface area is 192 Å². The van der Waals surface area contributed by atoms with Gasteiger partial charge >= 0.3 is 0 Å². The van der Waals surface area contributed by atoms with Gasteiger partial charge in [0.25, 0.3) is 11.8 Å². The number of carbonyl (C=O) groups excluding carboxylic acids is 2. The Bertz CT molecular complexity index is 947. The molecule has 2 amide bonds. The summed E-state index contributed by atoms with van der Waals surface area (Å²) in [7, 11) is 1.68. The molecule has 0 spiro atoms. The zero-order valence-corrected chi connectivity index (χ0v) is 19.8. The standard InChI is InChI=1S/C22H23Br2N3O3/c1-30-20-12-18(24)17(23)11-19(20)26-10-8-25-13-14(26)5-4-9-27-21(28)15-6-2-3-7-16(15)22(27)29/h2-3,6-7,11-12,14,25H,4-5,8-10,13H2,1H3. The highest BCUT2D eigenvalue weighted by atomic mass is 79.9. The van der Waals surface area contributed by atoms with E-state index in [1.165, 1.54) is 4.90 Å². The number of piperazine rings is 1. The molecule has 0 radical (unpaired) electrons. The number of rotatable bonds is 6. The van der Waals surface area contributed by atoms with Crippen molar-refractivity contribution in [3.63, 3.8) is 0 Å². The van der Waals surface area contributed by atoms with Crippen LogP contribution < -0.4 is 15.0 Å². The lowest BCUT2D eigenvalue weighted by Crippen LogP contribution is -2.51. The molecule has 0 aromatic heterocycles. The Morgan fingerprint density at radius 2 is 1.77 bits per heavy atom. The van der Waals surface area contributed by atoms with Gasteiger partial charge in [-0.1, -0.05) is 12.1 Å². The third-order valence-corrected chi connectivity index (χ3v) is 7.52. The molecule has 2 heterocycles. The monoisotopic (exact) mass is 535 g/mol. The van der Waals surface area contributed by atoms with Gasteiger partial charge in [-0.05, 0) is 69.0 Å². The topological polar surface area (TPSA) is 61.9 Å². The lowest BCUT2D eigenvalue weighted by Gasteiger charge is -2.39. The van der Waals surface area contributed by atoms with Gasteiger partial charge in [0, 0.05) is 41.2 Å². The number of halogens is 2. The fourth-order valence-corrected chi connectivity index (χ4v) is 4.82. The maximum atomic E-state index is 12.6. The largest absolute Gasteiger partial charge is 0.495 e. The maximum absolute atomic E-state index is 12.6. The first kappa shape index (κ1) is 21.3. The minimum Gasteiger partial charge on any atom is -0.495 e. The number of nitrogens with one attached hydrogen (secondary N) is 1.